The van der Waals surface area contributed by atoms with Crippen molar-refractivity contribution in [2.75, 3.05) is 12.3 Å². The summed E-state index contributed by atoms with van der Waals surface area (Å²) in [6, 6.07) is 10.1. The maximum atomic E-state index is 12.7. The van der Waals surface area contributed by atoms with Crippen LogP contribution in [0.1, 0.15) is 12.0 Å². The topological polar surface area (TPSA) is 42.0 Å². The molecule has 114 valence electrons. The predicted octanol–water partition coefficient (Wildman–Crippen LogP) is 3.53. The molecule has 0 atom stereocenters. The average Bonchev–Trinajstić information content (AvgIpc) is 2.55. The summed E-state index contributed by atoms with van der Waals surface area (Å²) in [7, 11) is 0. The molecule has 1 heterocycles. The number of amides is 1. The van der Waals surface area contributed by atoms with Gasteiger partial charge in [0.15, 0.2) is 0 Å². The number of pyridine rings is 1. The van der Waals surface area contributed by atoms with Crippen molar-refractivity contribution in [1.82, 2.24) is 10.3 Å². The molecule has 0 spiro atoms. The molecular formula is C17H17FN2OS. The Morgan fingerprint density at radius 3 is 2.64 bits per heavy atom. The van der Waals surface area contributed by atoms with Gasteiger partial charge in [-0.3, -0.25) is 9.78 Å². The highest BCUT2D eigenvalue weighted by molar-refractivity contribution is 7.99. The number of nitrogens with zero attached hydrogens (tertiary/aromatic N) is 1. The van der Waals surface area contributed by atoms with E-state index < -0.39 is 0 Å². The summed E-state index contributed by atoms with van der Waals surface area (Å²) in [6.07, 6.45) is 7.50. The van der Waals surface area contributed by atoms with Gasteiger partial charge in [-0.25, -0.2) is 4.39 Å². The van der Waals surface area contributed by atoms with Gasteiger partial charge in [-0.1, -0.05) is 0 Å². The first kappa shape index (κ1) is 16.2. The summed E-state index contributed by atoms with van der Waals surface area (Å²) in [6.45, 7) is 0.619. The van der Waals surface area contributed by atoms with E-state index in [0.29, 0.717) is 6.54 Å². The lowest BCUT2D eigenvalue weighted by molar-refractivity contribution is -0.116. The van der Waals surface area contributed by atoms with Crippen LogP contribution in [0.5, 0.6) is 0 Å². The normalized spacial score (nSPS) is 10.8. The van der Waals surface area contributed by atoms with Crippen LogP contribution in [-0.4, -0.2) is 23.2 Å². The van der Waals surface area contributed by atoms with Gasteiger partial charge in [0.1, 0.15) is 5.82 Å². The van der Waals surface area contributed by atoms with Crippen molar-refractivity contribution in [2.45, 2.75) is 11.3 Å². The summed E-state index contributed by atoms with van der Waals surface area (Å²) >= 11 is 1.65. The second-order valence-corrected chi connectivity index (χ2v) is 5.73. The zero-order chi connectivity index (χ0) is 15.6. The van der Waals surface area contributed by atoms with Crippen LogP contribution in [0.3, 0.4) is 0 Å². The monoisotopic (exact) mass is 316 g/mol. The fourth-order valence-electron chi connectivity index (χ4n) is 1.71. The van der Waals surface area contributed by atoms with Gasteiger partial charge in [0, 0.05) is 29.9 Å². The average molecular weight is 316 g/mol. The van der Waals surface area contributed by atoms with Crippen LogP contribution in [0.25, 0.3) is 6.08 Å². The fraction of sp³-hybridized carbons (Fsp3) is 0.176. The molecule has 2 rings (SSSR count). The quantitative estimate of drug-likeness (QED) is 0.483. The molecule has 5 heteroatoms. The van der Waals surface area contributed by atoms with Crippen molar-refractivity contribution in [3.63, 3.8) is 0 Å². The Hall–Kier alpha value is -2.14. The standard InChI is InChI=1S/C17H17FN2OS/c18-15-3-5-16(6-4-15)22-13-1-10-20-17(21)7-2-14-8-11-19-12-9-14/h2-9,11-12H,1,10,13H2,(H,20,21)/b7-2+. The lowest BCUT2D eigenvalue weighted by Gasteiger charge is -2.03. The highest BCUT2D eigenvalue weighted by atomic mass is 32.2. The van der Waals surface area contributed by atoms with Gasteiger partial charge in [0.05, 0.1) is 0 Å². The van der Waals surface area contributed by atoms with Crippen LogP contribution < -0.4 is 5.32 Å². The van der Waals surface area contributed by atoms with Crippen molar-refractivity contribution in [3.8, 4) is 0 Å². The number of hydrogen-bond donors (Lipinski definition) is 1. The van der Waals surface area contributed by atoms with E-state index in [-0.39, 0.29) is 11.7 Å². The van der Waals surface area contributed by atoms with Crippen molar-refractivity contribution < 1.29 is 9.18 Å². The summed E-state index contributed by atoms with van der Waals surface area (Å²) in [5.41, 5.74) is 0.942. The number of carbonyl (C=O) groups is 1. The molecule has 0 aliphatic carbocycles. The van der Waals surface area contributed by atoms with Gasteiger partial charge >= 0.3 is 0 Å². The van der Waals surface area contributed by atoms with E-state index >= 15 is 0 Å². The minimum absolute atomic E-state index is 0.108. The lowest BCUT2D eigenvalue weighted by atomic mass is 10.2. The minimum Gasteiger partial charge on any atom is -0.353 e. The number of rotatable bonds is 7. The molecule has 0 saturated carbocycles. The molecular weight excluding hydrogens is 299 g/mol. The van der Waals surface area contributed by atoms with E-state index in [4.69, 9.17) is 0 Å². The van der Waals surface area contributed by atoms with Crippen LogP contribution in [0, 0.1) is 5.82 Å². The van der Waals surface area contributed by atoms with Gasteiger partial charge in [-0.2, -0.15) is 0 Å². The van der Waals surface area contributed by atoms with Crippen molar-refractivity contribution in [3.05, 3.63) is 66.2 Å². The molecule has 1 amide bonds. The van der Waals surface area contributed by atoms with E-state index in [2.05, 4.69) is 10.3 Å². The van der Waals surface area contributed by atoms with Gasteiger partial charge in [0.2, 0.25) is 5.91 Å². The largest absolute Gasteiger partial charge is 0.353 e. The zero-order valence-corrected chi connectivity index (χ0v) is 12.9. The second-order valence-electron chi connectivity index (χ2n) is 4.56. The van der Waals surface area contributed by atoms with Crippen LogP contribution in [0.15, 0.2) is 59.8 Å². The number of benzene rings is 1. The Labute approximate surface area is 133 Å². The molecule has 1 aromatic heterocycles. The number of aromatic nitrogens is 1. The molecule has 0 saturated heterocycles. The minimum atomic E-state index is -0.224. The van der Waals surface area contributed by atoms with Gasteiger partial charge < -0.3 is 5.32 Å². The van der Waals surface area contributed by atoms with E-state index in [1.807, 2.05) is 12.1 Å². The highest BCUT2D eigenvalue weighted by Gasteiger charge is 1.97. The SMILES string of the molecule is O=C(/C=C/c1ccncc1)NCCCSc1ccc(F)cc1. The zero-order valence-electron chi connectivity index (χ0n) is 12.0. The Morgan fingerprint density at radius 2 is 1.91 bits per heavy atom. The summed E-state index contributed by atoms with van der Waals surface area (Å²) in [5, 5.41) is 2.83. The summed E-state index contributed by atoms with van der Waals surface area (Å²) in [4.78, 5) is 16.6. The molecule has 3 nitrogen and oxygen atoms in total. The first-order valence-electron chi connectivity index (χ1n) is 6.98. The molecule has 1 N–H and O–H groups in total. The number of halogens is 1. The molecule has 1 aromatic carbocycles. The Morgan fingerprint density at radius 1 is 1.18 bits per heavy atom. The van der Waals surface area contributed by atoms with Crippen LogP contribution in [0.2, 0.25) is 0 Å². The fourth-order valence-corrected chi connectivity index (χ4v) is 2.56. The third-order valence-corrected chi connectivity index (χ3v) is 3.93. The Bertz CT molecular complexity index is 614. The van der Waals surface area contributed by atoms with Crippen LogP contribution >= 0.6 is 11.8 Å². The van der Waals surface area contributed by atoms with Gasteiger partial charge in [-0.15, -0.1) is 11.8 Å². The first-order valence-corrected chi connectivity index (χ1v) is 7.97. The molecule has 0 bridgehead atoms. The van der Waals surface area contributed by atoms with E-state index in [1.54, 1.807) is 42.4 Å². The summed E-state index contributed by atoms with van der Waals surface area (Å²) in [5.74, 6) is 0.543. The third kappa shape index (κ3) is 6.10. The van der Waals surface area contributed by atoms with Gasteiger partial charge in [0.25, 0.3) is 0 Å². The second kappa shape index (κ2) is 9.00. The molecule has 0 aliphatic heterocycles. The van der Waals surface area contributed by atoms with E-state index in [0.717, 1.165) is 22.6 Å². The molecule has 0 aliphatic rings. The highest BCUT2D eigenvalue weighted by Crippen LogP contribution is 2.18. The third-order valence-electron chi connectivity index (χ3n) is 2.84. The molecule has 2 aromatic rings. The molecule has 0 fully saturated rings. The Balaban J connectivity index is 1.61. The number of thioether (sulfide) groups is 1. The number of carbonyl (C=O) groups excluding carboxylic acids is 1. The van der Waals surface area contributed by atoms with Crippen LogP contribution in [-0.2, 0) is 4.79 Å². The molecule has 22 heavy (non-hydrogen) atoms. The maximum absolute atomic E-state index is 12.7. The predicted molar refractivity (Wildman–Crippen MR) is 88.0 cm³/mol. The number of hydrogen-bond acceptors (Lipinski definition) is 3. The number of nitrogens with one attached hydrogen (secondary N) is 1. The van der Waals surface area contributed by atoms with Crippen molar-refractivity contribution in [2.24, 2.45) is 0 Å². The van der Waals surface area contributed by atoms with E-state index in [9.17, 15) is 9.18 Å². The molecule has 0 radical (unpaired) electrons. The smallest absolute Gasteiger partial charge is 0.243 e. The first-order chi connectivity index (χ1) is 10.7. The van der Waals surface area contributed by atoms with Gasteiger partial charge in [-0.05, 0) is 60.2 Å². The van der Waals surface area contributed by atoms with E-state index in [1.165, 1.54) is 18.2 Å². The van der Waals surface area contributed by atoms with Crippen molar-refractivity contribution in [1.29, 1.82) is 0 Å². The molecule has 0 unspecified atom stereocenters. The van der Waals surface area contributed by atoms with Crippen LogP contribution in [0.4, 0.5) is 4.39 Å². The lowest BCUT2D eigenvalue weighted by Crippen LogP contribution is -2.22. The maximum Gasteiger partial charge on any atom is 0.243 e. The summed E-state index contributed by atoms with van der Waals surface area (Å²) < 4.78 is 12.7. The van der Waals surface area contributed by atoms with Crippen molar-refractivity contribution >= 4 is 23.7 Å². The Kier molecular flexibility index (Phi) is 6.64.